The first-order valence-corrected chi connectivity index (χ1v) is 9.69. The summed E-state index contributed by atoms with van der Waals surface area (Å²) in [6.07, 6.45) is 0.791. The minimum Gasteiger partial charge on any atom is -0.385 e. The molecule has 0 bridgehead atoms. The normalized spacial score (nSPS) is 12.5. The van der Waals surface area contributed by atoms with Crippen LogP contribution in [-0.4, -0.2) is 32.5 Å². The smallest absolute Gasteiger partial charge is 0.294 e. The van der Waals surface area contributed by atoms with Crippen molar-refractivity contribution in [3.63, 3.8) is 0 Å². The average molecular weight is 359 g/mol. The molecule has 0 atom stereocenters. The zero-order valence-corrected chi connectivity index (χ0v) is 14.2. The van der Waals surface area contributed by atoms with Crippen LogP contribution in [0.25, 0.3) is 10.8 Å². The van der Waals surface area contributed by atoms with Crippen molar-refractivity contribution in [1.82, 2.24) is 0 Å². The van der Waals surface area contributed by atoms with Crippen LogP contribution in [0.5, 0.6) is 0 Å². The summed E-state index contributed by atoms with van der Waals surface area (Å²) >= 11 is 0. The van der Waals surface area contributed by atoms with E-state index in [9.17, 15) is 25.9 Å². The number of anilines is 1. The van der Waals surface area contributed by atoms with Gasteiger partial charge in [-0.15, -0.1) is 0 Å². The molecule has 0 fully saturated rings. The van der Waals surface area contributed by atoms with E-state index < -0.39 is 20.2 Å². The summed E-state index contributed by atoms with van der Waals surface area (Å²) in [6, 6.07) is 4.95. The van der Waals surface area contributed by atoms with E-state index in [1.807, 2.05) is 6.92 Å². The molecule has 2 rings (SSSR count). The van der Waals surface area contributed by atoms with Gasteiger partial charge in [-0.3, -0.25) is 9.11 Å². The topological polar surface area (TPSA) is 121 Å². The molecule has 0 aliphatic heterocycles. The van der Waals surface area contributed by atoms with Gasteiger partial charge < -0.3 is 5.32 Å². The lowest BCUT2D eigenvalue weighted by atomic mass is 10.0. The molecule has 126 valence electrons. The average Bonchev–Trinajstić information content (AvgIpc) is 2.42. The van der Waals surface area contributed by atoms with Crippen LogP contribution in [0.3, 0.4) is 0 Å². The predicted molar refractivity (Wildman–Crippen MR) is 87.1 cm³/mol. The zero-order valence-electron chi connectivity index (χ0n) is 12.6. The summed E-state index contributed by atoms with van der Waals surface area (Å²) in [5, 5.41) is 3.97. The van der Waals surface area contributed by atoms with E-state index in [0.29, 0.717) is 23.2 Å². The summed E-state index contributed by atoms with van der Waals surface area (Å²) in [4.78, 5) is -0.688. The van der Waals surface area contributed by atoms with Gasteiger partial charge in [0.15, 0.2) is 0 Å². The van der Waals surface area contributed by atoms with Crippen LogP contribution in [0.1, 0.15) is 18.9 Å². The molecule has 0 saturated heterocycles. The number of hydrogen-bond acceptors (Lipinski definition) is 5. The summed E-state index contributed by atoms with van der Waals surface area (Å²) < 4.78 is 64.0. The van der Waals surface area contributed by atoms with Gasteiger partial charge in [-0.25, -0.2) is 0 Å². The van der Waals surface area contributed by atoms with Gasteiger partial charge in [0, 0.05) is 17.6 Å². The van der Waals surface area contributed by atoms with Crippen molar-refractivity contribution >= 4 is 36.7 Å². The molecule has 9 heteroatoms. The Morgan fingerprint density at radius 2 is 1.48 bits per heavy atom. The molecule has 0 unspecified atom stereocenters. The highest BCUT2D eigenvalue weighted by Gasteiger charge is 2.18. The molecule has 0 aliphatic rings. The Morgan fingerprint density at radius 1 is 0.957 bits per heavy atom. The first-order valence-electron chi connectivity index (χ1n) is 6.81. The molecule has 0 amide bonds. The maximum atomic E-state index is 11.4. The number of hydrogen-bond donors (Lipinski definition) is 3. The molecule has 23 heavy (non-hydrogen) atoms. The first-order chi connectivity index (χ1) is 10.5. The number of nitrogens with one attached hydrogen (secondary N) is 1. The van der Waals surface area contributed by atoms with Crippen LogP contribution >= 0.6 is 0 Å². The fourth-order valence-electron chi connectivity index (χ4n) is 2.37. The number of rotatable bonds is 5. The third-order valence-corrected chi connectivity index (χ3v) is 5.02. The lowest BCUT2D eigenvalue weighted by Crippen LogP contribution is -2.06. The van der Waals surface area contributed by atoms with Crippen molar-refractivity contribution in [3.05, 3.63) is 29.8 Å². The molecule has 7 nitrogen and oxygen atoms in total. The molecular formula is C14H17NO6S2. The molecule has 2 aromatic carbocycles. The van der Waals surface area contributed by atoms with Crippen LogP contribution in [-0.2, 0) is 20.2 Å². The summed E-state index contributed by atoms with van der Waals surface area (Å²) in [5.41, 5.74) is 1.02. The van der Waals surface area contributed by atoms with Gasteiger partial charge >= 0.3 is 0 Å². The highest BCUT2D eigenvalue weighted by molar-refractivity contribution is 7.86. The van der Waals surface area contributed by atoms with Gasteiger partial charge in [-0.2, -0.15) is 16.8 Å². The monoisotopic (exact) mass is 359 g/mol. The van der Waals surface area contributed by atoms with Crippen LogP contribution in [0.15, 0.2) is 34.1 Å². The third kappa shape index (κ3) is 3.81. The Bertz CT molecular complexity index is 959. The largest absolute Gasteiger partial charge is 0.385 e. The molecule has 3 N–H and O–H groups in total. The summed E-state index contributed by atoms with van der Waals surface area (Å²) in [7, 11) is -8.88. The molecule has 0 spiro atoms. The first kappa shape index (κ1) is 17.7. The van der Waals surface area contributed by atoms with E-state index in [0.717, 1.165) is 6.42 Å². The van der Waals surface area contributed by atoms with Gasteiger partial charge in [0.25, 0.3) is 20.2 Å². The third-order valence-electron chi connectivity index (χ3n) is 3.35. The predicted octanol–water partition coefficient (Wildman–Crippen LogP) is 2.46. The summed E-state index contributed by atoms with van der Waals surface area (Å²) in [5.74, 6) is 0. The number of fused-ring (bicyclic) bond motifs is 1. The maximum Gasteiger partial charge on any atom is 0.294 e. The minimum absolute atomic E-state index is 0.284. The minimum atomic E-state index is -4.45. The highest BCUT2D eigenvalue weighted by Crippen LogP contribution is 2.32. The Kier molecular flexibility index (Phi) is 4.67. The second-order valence-corrected chi connectivity index (χ2v) is 8.03. The number of benzene rings is 2. The van der Waals surface area contributed by atoms with Gasteiger partial charge in [-0.1, -0.05) is 6.92 Å². The lowest BCUT2D eigenvalue weighted by molar-refractivity contribution is 0.481. The van der Waals surface area contributed by atoms with Crippen molar-refractivity contribution in [2.24, 2.45) is 0 Å². The van der Waals surface area contributed by atoms with Crippen molar-refractivity contribution in [2.75, 3.05) is 11.9 Å². The van der Waals surface area contributed by atoms with Crippen LogP contribution in [0.2, 0.25) is 0 Å². The Labute approximate surface area is 134 Å². The summed E-state index contributed by atoms with van der Waals surface area (Å²) in [6.45, 7) is 4.16. The molecular weight excluding hydrogens is 342 g/mol. The lowest BCUT2D eigenvalue weighted by Gasteiger charge is -2.14. The Morgan fingerprint density at radius 3 is 1.96 bits per heavy atom. The highest BCUT2D eigenvalue weighted by atomic mass is 32.2. The SMILES string of the molecule is CCCNc1cc(S(=O)(=O)O)cc2cc(S(=O)(=O)O)cc(C)c12. The van der Waals surface area contributed by atoms with Crippen LogP contribution in [0.4, 0.5) is 5.69 Å². The number of aryl methyl sites for hydroxylation is 1. The van der Waals surface area contributed by atoms with E-state index in [2.05, 4.69) is 5.32 Å². The van der Waals surface area contributed by atoms with Gasteiger partial charge in [0.05, 0.1) is 9.79 Å². The molecule has 0 aliphatic carbocycles. The van der Waals surface area contributed by atoms with E-state index in [1.165, 1.54) is 24.3 Å². The van der Waals surface area contributed by atoms with Gasteiger partial charge in [-0.05, 0) is 48.6 Å². The standard InChI is InChI=1S/C14H17NO6S2/c1-3-4-15-13-8-12(23(19,20)21)7-10-6-11(22(16,17)18)5-9(2)14(10)13/h5-8,15H,3-4H2,1-2H3,(H,16,17,18)(H,19,20,21). The molecule has 0 heterocycles. The van der Waals surface area contributed by atoms with E-state index >= 15 is 0 Å². The Hall–Kier alpha value is -1.68. The van der Waals surface area contributed by atoms with Crippen molar-refractivity contribution in [2.45, 2.75) is 30.1 Å². The van der Waals surface area contributed by atoms with Crippen molar-refractivity contribution < 1.29 is 25.9 Å². The Balaban J connectivity index is 2.87. The van der Waals surface area contributed by atoms with Gasteiger partial charge in [0.1, 0.15) is 0 Å². The second kappa shape index (κ2) is 6.08. The zero-order chi connectivity index (χ0) is 17.4. The fourth-order valence-corrected chi connectivity index (χ4v) is 3.51. The van der Waals surface area contributed by atoms with E-state index in [4.69, 9.17) is 0 Å². The second-order valence-electron chi connectivity index (χ2n) is 5.19. The molecule has 0 aromatic heterocycles. The molecule has 2 aromatic rings. The fraction of sp³-hybridized carbons (Fsp3) is 0.286. The van der Waals surface area contributed by atoms with Gasteiger partial charge in [0.2, 0.25) is 0 Å². The molecule has 0 saturated carbocycles. The van der Waals surface area contributed by atoms with Crippen LogP contribution in [0, 0.1) is 6.92 Å². The van der Waals surface area contributed by atoms with E-state index in [-0.39, 0.29) is 15.2 Å². The van der Waals surface area contributed by atoms with Crippen molar-refractivity contribution in [3.8, 4) is 0 Å². The maximum absolute atomic E-state index is 11.4. The molecule has 0 radical (unpaired) electrons. The van der Waals surface area contributed by atoms with Crippen LogP contribution < -0.4 is 5.32 Å². The quantitative estimate of drug-likeness (QED) is 0.701. The van der Waals surface area contributed by atoms with Crippen molar-refractivity contribution in [1.29, 1.82) is 0 Å². The van der Waals surface area contributed by atoms with E-state index in [1.54, 1.807) is 6.92 Å².